The summed E-state index contributed by atoms with van der Waals surface area (Å²) in [6.07, 6.45) is 3.37. The lowest BCUT2D eigenvalue weighted by Gasteiger charge is -2.12. The smallest absolute Gasteiger partial charge is 0.219 e. The maximum atomic E-state index is 11.0. The number of anilines is 1. The summed E-state index contributed by atoms with van der Waals surface area (Å²) in [5, 5.41) is 2.88. The molecule has 2 rings (SSSR count). The van der Waals surface area contributed by atoms with Crippen LogP contribution >= 0.6 is 0 Å². The van der Waals surface area contributed by atoms with Gasteiger partial charge < -0.3 is 15.8 Å². The molecule has 0 aliphatic carbocycles. The molecule has 0 spiro atoms. The number of nitrogens with two attached hydrogens (primary N) is 1. The van der Waals surface area contributed by atoms with Crippen LogP contribution in [0.4, 0.5) is 5.69 Å². The van der Waals surface area contributed by atoms with E-state index in [2.05, 4.69) is 10.3 Å². The molecule has 0 saturated heterocycles. The predicted octanol–water partition coefficient (Wildman–Crippen LogP) is 2.91. The van der Waals surface area contributed by atoms with E-state index in [1.165, 1.54) is 12.5 Å². The summed E-state index contributed by atoms with van der Waals surface area (Å²) in [7, 11) is 0. The average Bonchev–Trinajstić information content (AvgIpc) is 2.48. The van der Waals surface area contributed by atoms with E-state index >= 15 is 0 Å². The Kier molecular flexibility index (Phi) is 5.36. The monoisotopic (exact) mass is 299 g/mol. The Morgan fingerprint density at radius 1 is 1.27 bits per heavy atom. The largest absolute Gasteiger partial charge is 0.439 e. The summed E-state index contributed by atoms with van der Waals surface area (Å²) >= 11 is 0. The number of amides is 1. The molecule has 0 aliphatic heterocycles. The minimum absolute atomic E-state index is 0.00671. The zero-order valence-corrected chi connectivity index (χ0v) is 12.9. The van der Waals surface area contributed by atoms with Gasteiger partial charge in [0.1, 0.15) is 5.75 Å². The molecule has 1 heterocycles. The topological polar surface area (TPSA) is 77.2 Å². The molecule has 0 fully saturated rings. The fourth-order valence-electron chi connectivity index (χ4n) is 2.10. The number of nitrogens with one attached hydrogen (secondary N) is 1. The van der Waals surface area contributed by atoms with Crippen LogP contribution in [0.25, 0.3) is 0 Å². The second kappa shape index (κ2) is 7.45. The Morgan fingerprint density at radius 3 is 2.59 bits per heavy atom. The van der Waals surface area contributed by atoms with Crippen LogP contribution in [-0.2, 0) is 11.2 Å². The number of rotatable bonds is 6. The number of benzene rings is 1. The first-order valence-corrected chi connectivity index (χ1v) is 7.28. The minimum atomic E-state index is 0.00671. The quantitative estimate of drug-likeness (QED) is 0.859. The molecule has 0 radical (unpaired) electrons. The highest BCUT2D eigenvalue weighted by Crippen LogP contribution is 2.20. The number of carbonyl (C=O) groups is 1. The van der Waals surface area contributed by atoms with Gasteiger partial charge in [-0.1, -0.05) is 12.1 Å². The molecule has 0 aliphatic rings. The van der Waals surface area contributed by atoms with E-state index in [0.29, 0.717) is 11.6 Å². The first-order valence-electron chi connectivity index (χ1n) is 7.28. The van der Waals surface area contributed by atoms with Crippen molar-refractivity contribution in [2.24, 2.45) is 0 Å². The van der Waals surface area contributed by atoms with Crippen molar-refractivity contribution in [1.82, 2.24) is 10.3 Å². The highest BCUT2D eigenvalue weighted by Gasteiger charge is 2.04. The normalized spacial score (nSPS) is 11.7. The van der Waals surface area contributed by atoms with Crippen molar-refractivity contribution in [3.8, 4) is 11.6 Å². The number of nitrogen functional groups attached to an aromatic ring is 1. The van der Waals surface area contributed by atoms with E-state index in [4.69, 9.17) is 10.5 Å². The van der Waals surface area contributed by atoms with Crippen molar-refractivity contribution < 1.29 is 9.53 Å². The SMILES string of the molecule is CC(=O)N[C@@H](C)CCc1ccc(Oc2ccc(N)cn2)cc1. The van der Waals surface area contributed by atoms with Crippen LogP contribution in [0.1, 0.15) is 25.8 Å². The van der Waals surface area contributed by atoms with E-state index in [0.717, 1.165) is 18.6 Å². The van der Waals surface area contributed by atoms with Crippen LogP contribution in [0.3, 0.4) is 0 Å². The van der Waals surface area contributed by atoms with Crippen LogP contribution in [0.5, 0.6) is 11.6 Å². The van der Waals surface area contributed by atoms with Crippen LogP contribution in [0, 0.1) is 0 Å². The van der Waals surface area contributed by atoms with Crippen molar-refractivity contribution in [2.45, 2.75) is 32.7 Å². The van der Waals surface area contributed by atoms with Crippen molar-refractivity contribution in [1.29, 1.82) is 0 Å². The Labute approximate surface area is 130 Å². The van der Waals surface area contributed by atoms with E-state index in [-0.39, 0.29) is 11.9 Å². The van der Waals surface area contributed by atoms with Crippen LogP contribution < -0.4 is 15.8 Å². The first kappa shape index (κ1) is 15.8. The summed E-state index contributed by atoms with van der Waals surface area (Å²) in [6, 6.07) is 11.5. The van der Waals surface area contributed by atoms with Gasteiger partial charge in [0.25, 0.3) is 0 Å². The fraction of sp³-hybridized carbons (Fsp3) is 0.294. The third-order valence-electron chi connectivity index (χ3n) is 3.22. The number of nitrogens with zero attached hydrogens (tertiary/aromatic N) is 1. The zero-order chi connectivity index (χ0) is 15.9. The van der Waals surface area contributed by atoms with Gasteiger partial charge in [0.2, 0.25) is 11.8 Å². The van der Waals surface area contributed by atoms with Crippen LogP contribution in [0.15, 0.2) is 42.6 Å². The molecule has 1 aromatic heterocycles. The van der Waals surface area contributed by atoms with E-state index in [1.54, 1.807) is 18.3 Å². The van der Waals surface area contributed by atoms with Crippen molar-refractivity contribution in [3.63, 3.8) is 0 Å². The van der Waals surface area contributed by atoms with Crippen molar-refractivity contribution in [3.05, 3.63) is 48.2 Å². The number of aromatic nitrogens is 1. The maximum Gasteiger partial charge on any atom is 0.219 e. The molecule has 5 nitrogen and oxygen atoms in total. The molecule has 0 saturated carbocycles. The Balaban J connectivity index is 1.87. The Morgan fingerprint density at radius 2 is 2.00 bits per heavy atom. The number of hydrogen-bond donors (Lipinski definition) is 2. The van der Waals surface area contributed by atoms with Gasteiger partial charge in [-0.3, -0.25) is 4.79 Å². The number of ether oxygens (including phenoxy) is 1. The number of hydrogen-bond acceptors (Lipinski definition) is 4. The average molecular weight is 299 g/mol. The molecule has 1 amide bonds. The molecule has 1 aromatic carbocycles. The fourth-order valence-corrected chi connectivity index (χ4v) is 2.10. The van der Waals surface area contributed by atoms with Crippen molar-refractivity contribution in [2.75, 3.05) is 5.73 Å². The Bertz CT molecular complexity index is 609. The lowest BCUT2D eigenvalue weighted by atomic mass is 10.1. The van der Waals surface area contributed by atoms with Crippen molar-refractivity contribution >= 4 is 11.6 Å². The van der Waals surface area contributed by atoms with Gasteiger partial charge in [-0.15, -0.1) is 0 Å². The third-order valence-corrected chi connectivity index (χ3v) is 3.22. The Hall–Kier alpha value is -2.56. The molecule has 0 bridgehead atoms. The molecule has 3 N–H and O–H groups in total. The highest BCUT2D eigenvalue weighted by molar-refractivity contribution is 5.73. The van der Waals surface area contributed by atoms with E-state index in [1.807, 2.05) is 31.2 Å². The molecule has 5 heteroatoms. The summed E-state index contributed by atoms with van der Waals surface area (Å²) < 4.78 is 5.64. The lowest BCUT2D eigenvalue weighted by molar-refractivity contribution is -0.119. The van der Waals surface area contributed by atoms with Crippen LogP contribution in [-0.4, -0.2) is 16.9 Å². The first-order chi connectivity index (χ1) is 10.5. The maximum absolute atomic E-state index is 11.0. The predicted molar refractivity (Wildman–Crippen MR) is 86.8 cm³/mol. The highest BCUT2D eigenvalue weighted by atomic mass is 16.5. The number of carbonyl (C=O) groups excluding carboxylic acids is 1. The molecule has 2 aromatic rings. The molecule has 0 unspecified atom stereocenters. The van der Waals surface area contributed by atoms with Crippen LogP contribution in [0.2, 0.25) is 0 Å². The molecular weight excluding hydrogens is 278 g/mol. The molecule has 1 atom stereocenters. The summed E-state index contributed by atoms with van der Waals surface area (Å²) in [6.45, 7) is 3.54. The van der Waals surface area contributed by atoms with Gasteiger partial charge in [0.15, 0.2) is 0 Å². The summed E-state index contributed by atoms with van der Waals surface area (Å²) in [5.41, 5.74) is 7.39. The van der Waals surface area contributed by atoms with Gasteiger partial charge in [-0.05, 0) is 43.5 Å². The molecular formula is C17H21N3O2. The number of pyridine rings is 1. The number of aryl methyl sites for hydroxylation is 1. The van der Waals surface area contributed by atoms with Gasteiger partial charge in [0, 0.05) is 19.0 Å². The third kappa shape index (κ3) is 5.09. The minimum Gasteiger partial charge on any atom is -0.439 e. The van der Waals surface area contributed by atoms with E-state index in [9.17, 15) is 4.79 Å². The standard InChI is InChI=1S/C17H21N3O2/c1-12(20-13(2)21)3-4-14-5-8-16(9-6-14)22-17-10-7-15(18)11-19-17/h5-12H,3-4,18H2,1-2H3,(H,20,21)/t12-/m0/s1. The van der Waals surface area contributed by atoms with Gasteiger partial charge in [0.05, 0.1) is 11.9 Å². The van der Waals surface area contributed by atoms with Gasteiger partial charge in [-0.2, -0.15) is 0 Å². The van der Waals surface area contributed by atoms with Gasteiger partial charge >= 0.3 is 0 Å². The summed E-state index contributed by atoms with van der Waals surface area (Å²) in [4.78, 5) is 15.1. The second-order valence-corrected chi connectivity index (χ2v) is 5.32. The second-order valence-electron chi connectivity index (χ2n) is 5.32. The van der Waals surface area contributed by atoms with E-state index < -0.39 is 0 Å². The molecule has 116 valence electrons. The lowest BCUT2D eigenvalue weighted by Crippen LogP contribution is -2.30. The summed E-state index contributed by atoms with van der Waals surface area (Å²) in [5.74, 6) is 1.25. The molecule has 22 heavy (non-hydrogen) atoms. The van der Waals surface area contributed by atoms with Gasteiger partial charge in [-0.25, -0.2) is 4.98 Å². The zero-order valence-electron chi connectivity index (χ0n) is 12.9.